The molecule has 2 atom stereocenters. The Balaban J connectivity index is 3.52. The van der Waals surface area contributed by atoms with Gasteiger partial charge in [-0.1, -0.05) is 231 Å². The van der Waals surface area contributed by atoms with Crippen LogP contribution in [-0.2, 0) is 27.9 Å². The summed E-state index contributed by atoms with van der Waals surface area (Å²) in [6.45, 7) is 3.58. The van der Waals surface area contributed by atoms with Crippen LogP contribution in [0.2, 0.25) is 0 Å². The minimum Gasteiger partial charge on any atom is -0.463 e. The number of nitrogens with one attached hydrogen (secondary N) is 1. The minimum atomic E-state index is -4.42. The Bertz CT molecular complexity index is 1070. The quantitative estimate of drug-likeness (QED) is 0.0238. The van der Waals surface area contributed by atoms with Crippen molar-refractivity contribution in [1.29, 1.82) is 0 Å². The summed E-state index contributed by atoms with van der Waals surface area (Å²) in [5, 5.41) is 12.8. The zero-order valence-electron chi connectivity index (χ0n) is 40.6. The third-order valence-electron chi connectivity index (χ3n) is 11.6. The van der Waals surface area contributed by atoms with Crippen LogP contribution in [0.1, 0.15) is 264 Å². The molecule has 0 aromatic heterocycles. The van der Waals surface area contributed by atoms with Crippen molar-refractivity contribution in [2.45, 2.75) is 270 Å². The van der Waals surface area contributed by atoms with E-state index >= 15 is 0 Å². The Morgan fingerprint density at radius 3 is 1.32 bits per heavy atom. The van der Waals surface area contributed by atoms with Crippen LogP contribution in [0.3, 0.4) is 0 Å². The molecule has 0 aliphatic carbocycles. The van der Waals surface area contributed by atoms with E-state index < -0.39 is 26.5 Å². The second-order valence-corrected chi connectivity index (χ2v) is 19.3. The number of unbranched alkanes of at least 4 members (excludes halogenated alkanes) is 33. The van der Waals surface area contributed by atoms with Crippen LogP contribution >= 0.6 is 7.82 Å². The number of hydrogen-bond donors (Lipinski definition) is 3. The second kappa shape index (κ2) is 48.9. The molecule has 9 nitrogen and oxygen atoms in total. The highest BCUT2D eigenvalue weighted by molar-refractivity contribution is 7.47. The summed E-state index contributed by atoms with van der Waals surface area (Å²) in [7, 11) is -4.42. The zero-order chi connectivity index (χ0) is 45.3. The van der Waals surface area contributed by atoms with Gasteiger partial charge in [0.25, 0.3) is 0 Å². The molecule has 0 bridgehead atoms. The average molecular weight is 898 g/mol. The SMILES string of the molecule is CCCCC/C=C\C/C=C\CCCCCCCCCCCC(=O)NCCOP(=O)(O)OCC(O)COC(=O)CCCCCCCCCCCCCCCCCCCCCCCC. The highest BCUT2D eigenvalue weighted by Gasteiger charge is 2.23. The molecule has 0 radical (unpaired) electrons. The molecular formula is C52H100NO8P. The van der Waals surface area contributed by atoms with Crippen LogP contribution in [0.15, 0.2) is 24.3 Å². The fraction of sp³-hybridized carbons (Fsp3) is 0.885. The van der Waals surface area contributed by atoms with E-state index in [0.29, 0.717) is 6.42 Å². The van der Waals surface area contributed by atoms with Gasteiger partial charge in [0.15, 0.2) is 0 Å². The topological polar surface area (TPSA) is 131 Å². The number of ether oxygens (including phenoxy) is 1. The van der Waals surface area contributed by atoms with Crippen LogP contribution in [0.5, 0.6) is 0 Å². The van der Waals surface area contributed by atoms with Crippen LogP contribution < -0.4 is 5.32 Å². The van der Waals surface area contributed by atoms with Gasteiger partial charge >= 0.3 is 13.8 Å². The smallest absolute Gasteiger partial charge is 0.463 e. The third kappa shape index (κ3) is 49.5. The lowest BCUT2D eigenvalue weighted by Crippen LogP contribution is -2.27. The van der Waals surface area contributed by atoms with Gasteiger partial charge in [0, 0.05) is 19.4 Å². The van der Waals surface area contributed by atoms with E-state index in [1.165, 1.54) is 193 Å². The predicted molar refractivity (Wildman–Crippen MR) is 261 cm³/mol. The molecule has 0 spiro atoms. The number of carbonyl (C=O) groups excluding carboxylic acids is 2. The lowest BCUT2D eigenvalue weighted by molar-refractivity contribution is -0.147. The molecule has 0 fully saturated rings. The monoisotopic (exact) mass is 898 g/mol. The van der Waals surface area contributed by atoms with Crippen molar-refractivity contribution in [1.82, 2.24) is 5.32 Å². The molecule has 0 rings (SSSR count). The van der Waals surface area contributed by atoms with Gasteiger partial charge in [-0.25, -0.2) is 4.57 Å². The van der Waals surface area contributed by atoms with Gasteiger partial charge in [0.2, 0.25) is 5.91 Å². The molecule has 3 N–H and O–H groups in total. The Labute approximate surface area is 382 Å². The summed E-state index contributed by atoms with van der Waals surface area (Å²) in [4.78, 5) is 34.1. The summed E-state index contributed by atoms with van der Waals surface area (Å²) in [5.41, 5.74) is 0. The van der Waals surface area contributed by atoms with Gasteiger partial charge in [0.05, 0.1) is 13.2 Å². The number of allylic oxidation sites excluding steroid dienone is 4. The van der Waals surface area contributed by atoms with E-state index in [1.807, 2.05) is 0 Å². The number of rotatable bonds is 50. The molecule has 0 heterocycles. The number of phosphoric acid groups is 1. The van der Waals surface area contributed by atoms with Crippen LogP contribution in [0.25, 0.3) is 0 Å². The molecule has 0 aromatic carbocycles. The van der Waals surface area contributed by atoms with Crippen molar-refractivity contribution in [3.05, 3.63) is 24.3 Å². The molecule has 366 valence electrons. The Morgan fingerprint density at radius 2 is 0.871 bits per heavy atom. The number of aliphatic hydroxyl groups is 1. The van der Waals surface area contributed by atoms with Crippen molar-refractivity contribution >= 4 is 19.7 Å². The van der Waals surface area contributed by atoms with Gasteiger partial charge in [-0.05, 0) is 44.9 Å². The first-order valence-electron chi connectivity index (χ1n) is 26.3. The Morgan fingerprint density at radius 1 is 0.500 bits per heavy atom. The lowest BCUT2D eigenvalue weighted by atomic mass is 10.0. The Hall–Kier alpha value is -1.51. The fourth-order valence-electron chi connectivity index (χ4n) is 7.65. The normalized spacial score (nSPS) is 13.3. The maximum Gasteiger partial charge on any atom is 0.472 e. The van der Waals surface area contributed by atoms with Crippen LogP contribution in [0.4, 0.5) is 0 Å². The number of carbonyl (C=O) groups is 2. The molecule has 0 aromatic rings. The van der Waals surface area contributed by atoms with Crippen molar-refractivity contribution in [2.75, 3.05) is 26.4 Å². The fourth-order valence-corrected chi connectivity index (χ4v) is 8.41. The molecule has 0 saturated heterocycles. The van der Waals surface area contributed by atoms with Crippen LogP contribution in [0, 0.1) is 0 Å². The highest BCUT2D eigenvalue weighted by Crippen LogP contribution is 2.42. The molecular weight excluding hydrogens is 798 g/mol. The first kappa shape index (κ1) is 60.5. The molecule has 0 aliphatic rings. The van der Waals surface area contributed by atoms with Gasteiger partial charge < -0.3 is 20.1 Å². The van der Waals surface area contributed by atoms with Gasteiger partial charge in [0.1, 0.15) is 12.7 Å². The summed E-state index contributed by atoms with van der Waals surface area (Å²) >= 11 is 0. The summed E-state index contributed by atoms with van der Waals surface area (Å²) < 4.78 is 27.0. The highest BCUT2D eigenvalue weighted by atomic mass is 31.2. The Kier molecular flexibility index (Phi) is 47.7. The van der Waals surface area contributed by atoms with Gasteiger partial charge in [-0.15, -0.1) is 0 Å². The van der Waals surface area contributed by atoms with E-state index in [9.17, 15) is 24.2 Å². The molecule has 0 aliphatic heterocycles. The van der Waals surface area contributed by atoms with Crippen molar-refractivity contribution in [3.8, 4) is 0 Å². The average Bonchev–Trinajstić information content (AvgIpc) is 3.26. The number of aliphatic hydroxyl groups excluding tert-OH is 1. The van der Waals surface area contributed by atoms with E-state index in [1.54, 1.807) is 0 Å². The van der Waals surface area contributed by atoms with E-state index in [0.717, 1.165) is 44.9 Å². The molecule has 1 amide bonds. The maximum absolute atomic E-state index is 12.2. The third-order valence-corrected chi connectivity index (χ3v) is 12.6. The molecule has 62 heavy (non-hydrogen) atoms. The molecule has 10 heteroatoms. The van der Waals surface area contributed by atoms with E-state index in [2.05, 4.69) is 43.5 Å². The van der Waals surface area contributed by atoms with Gasteiger partial charge in [-0.3, -0.25) is 18.6 Å². The predicted octanol–water partition coefficient (Wildman–Crippen LogP) is 15.5. The maximum atomic E-state index is 12.2. The summed E-state index contributed by atoms with van der Waals surface area (Å²) in [6, 6.07) is 0. The van der Waals surface area contributed by atoms with Crippen molar-refractivity contribution in [3.63, 3.8) is 0 Å². The first-order valence-corrected chi connectivity index (χ1v) is 27.8. The second-order valence-electron chi connectivity index (χ2n) is 17.9. The van der Waals surface area contributed by atoms with E-state index in [4.69, 9.17) is 13.8 Å². The standard InChI is InChI=1S/C52H100NO8P/c1-3-5-7-9-11-13-15-17-19-21-23-24-25-27-29-31-33-35-37-39-41-43-45-52(56)59-48-50(54)49-61-62(57,58)60-47-46-53-51(55)44-42-40-38-36-34-32-30-28-26-22-20-18-16-14-12-10-8-6-4-2/h12,14,18,20,50,54H,3-11,13,15-17,19,21-49H2,1-2H3,(H,53,55)(H,57,58)/b14-12-,20-18-. The summed E-state index contributed by atoms with van der Waals surface area (Å²) in [6.07, 6.45) is 55.5. The lowest BCUT2D eigenvalue weighted by Gasteiger charge is -2.15. The number of phosphoric ester groups is 1. The number of esters is 1. The molecule has 2 unspecified atom stereocenters. The van der Waals surface area contributed by atoms with Crippen molar-refractivity contribution in [2.24, 2.45) is 0 Å². The van der Waals surface area contributed by atoms with Crippen LogP contribution in [-0.4, -0.2) is 54.3 Å². The first-order chi connectivity index (χ1) is 30.3. The van der Waals surface area contributed by atoms with Gasteiger partial charge in [-0.2, -0.15) is 0 Å². The van der Waals surface area contributed by atoms with Crippen molar-refractivity contribution < 1.29 is 37.9 Å². The summed E-state index contributed by atoms with van der Waals surface area (Å²) in [5.74, 6) is -0.509. The largest absolute Gasteiger partial charge is 0.472 e. The number of amides is 1. The zero-order valence-corrected chi connectivity index (χ0v) is 41.5. The number of hydrogen-bond acceptors (Lipinski definition) is 7. The van der Waals surface area contributed by atoms with E-state index in [-0.39, 0.29) is 32.1 Å². The molecule has 0 saturated carbocycles. The minimum absolute atomic E-state index is 0.0818.